The predicted octanol–water partition coefficient (Wildman–Crippen LogP) is 3.36. The zero-order valence-corrected chi connectivity index (χ0v) is 13.7. The SMILES string of the molecule is CCC(N)Cc1cc(F)ccc1N(CCOC)C(C)CC. The largest absolute Gasteiger partial charge is 0.383 e. The molecule has 0 radical (unpaired) electrons. The molecule has 2 N–H and O–H groups in total. The normalized spacial score (nSPS) is 14.0. The molecule has 2 unspecified atom stereocenters. The topological polar surface area (TPSA) is 38.5 Å². The van der Waals surface area contributed by atoms with E-state index in [-0.39, 0.29) is 11.9 Å². The molecule has 0 bridgehead atoms. The fourth-order valence-corrected chi connectivity index (χ4v) is 2.41. The Morgan fingerprint density at radius 2 is 2.00 bits per heavy atom. The van der Waals surface area contributed by atoms with Crippen molar-refractivity contribution < 1.29 is 9.13 Å². The molecule has 0 amide bonds. The van der Waals surface area contributed by atoms with Gasteiger partial charge in [-0.25, -0.2) is 4.39 Å². The van der Waals surface area contributed by atoms with E-state index < -0.39 is 0 Å². The van der Waals surface area contributed by atoms with Crippen LogP contribution in [0.25, 0.3) is 0 Å². The highest BCUT2D eigenvalue weighted by molar-refractivity contribution is 5.55. The van der Waals surface area contributed by atoms with Gasteiger partial charge < -0.3 is 15.4 Å². The molecular formula is C17H29FN2O. The number of rotatable bonds is 9. The van der Waals surface area contributed by atoms with E-state index in [4.69, 9.17) is 10.5 Å². The van der Waals surface area contributed by atoms with Gasteiger partial charge in [0, 0.05) is 31.4 Å². The maximum atomic E-state index is 13.6. The van der Waals surface area contributed by atoms with Gasteiger partial charge in [0.05, 0.1) is 6.61 Å². The monoisotopic (exact) mass is 296 g/mol. The number of nitrogens with two attached hydrogens (primary N) is 1. The Hall–Kier alpha value is -1.13. The Balaban J connectivity index is 3.10. The van der Waals surface area contributed by atoms with Crippen LogP contribution >= 0.6 is 0 Å². The molecule has 0 saturated heterocycles. The van der Waals surface area contributed by atoms with E-state index in [1.807, 2.05) is 6.07 Å². The van der Waals surface area contributed by atoms with Crippen molar-refractivity contribution in [3.05, 3.63) is 29.6 Å². The van der Waals surface area contributed by atoms with Crippen LogP contribution in [0.3, 0.4) is 0 Å². The summed E-state index contributed by atoms with van der Waals surface area (Å²) in [7, 11) is 1.70. The van der Waals surface area contributed by atoms with Gasteiger partial charge in [0.2, 0.25) is 0 Å². The highest BCUT2D eigenvalue weighted by atomic mass is 19.1. The molecule has 1 aromatic rings. The predicted molar refractivity (Wildman–Crippen MR) is 87.3 cm³/mol. The second-order valence-electron chi connectivity index (χ2n) is 5.59. The first-order valence-electron chi connectivity index (χ1n) is 7.83. The highest BCUT2D eigenvalue weighted by Crippen LogP contribution is 2.26. The third-order valence-corrected chi connectivity index (χ3v) is 4.02. The summed E-state index contributed by atoms with van der Waals surface area (Å²) in [5.74, 6) is -0.201. The standard InChI is InChI=1S/C17H29FN2O/c1-5-13(3)20(9-10-21-4)17-8-7-15(18)11-14(17)12-16(19)6-2/h7-8,11,13,16H,5-6,9-10,12,19H2,1-4H3. The van der Waals surface area contributed by atoms with E-state index >= 15 is 0 Å². The van der Waals surface area contributed by atoms with Crippen molar-refractivity contribution in [2.45, 2.75) is 52.1 Å². The van der Waals surface area contributed by atoms with Crippen LogP contribution in [0.5, 0.6) is 0 Å². The maximum Gasteiger partial charge on any atom is 0.123 e. The van der Waals surface area contributed by atoms with E-state index in [0.29, 0.717) is 19.1 Å². The van der Waals surface area contributed by atoms with Crippen molar-refractivity contribution >= 4 is 5.69 Å². The molecule has 120 valence electrons. The second-order valence-corrected chi connectivity index (χ2v) is 5.59. The first kappa shape index (κ1) is 17.9. The van der Waals surface area contributed by atoms with Crippen molar-refractivity contribution in [2.75, 3.05) is 25.2 Å². The molecule has 0 fully saturated rings. The van der Waals surface area contributed by atoms with Crippen molar-refractivity contribution in [1.82, 2.24) is 0 Å². The smallest absolute Gasteiger partial charge is 0.123 e. The van der Waals surface area contributed by atoms with E-state index in [1.165, 1.54) is 6.07 Å². The van der Waals surface area contributed by atoms with Gasteiger partial charge >= 0.3 is 0 Å². The number of benzene rings is 1. The summed E-state index contributed by atoms with van der Waals surface area (Å²) in [5, 5.41) is 0. The van der Waals surface area contributed by atoms with Gasteiger partial charge in [0.15, 0.2) is 0 Å². The van der Waals surface area contributed by atoms with Gasteiger partial charge in [0.25, 0.3) is 0 Å². The molecule has 0 heterocycles. The molecule has 0 aliphatic rings. The van der Waals surface area contributed by atoms with Gasteiger partial charge in [-0.2, -0.15) is 0 Å². The van der Waals surface area contributed by atoms with Crippen LogP contribution in [0.1, 0.15) is 39.2 Å². The fourth-order valence-electron chi connectivity index (χ4n) is 2.41. The number of anilines is 1. The molecule has 1 aromatic carbocycles. The number of hydrogen-bond acceptors (Lipinski definition) is 3. The van der Waals surface area contributed by atoms with E-state index in [1.54, 1.807) is 13.2 Å². The lowest BCUT2D eigenvalue weighted by molar-refractivity contribution is 0.203. The van der Waals surface area contributed by atoms with Crippen LogP contribution in [0.15, 0.2) is 18.2 Å². The average molecular weight is 296 g/mol. The first-order chi connectivity index (χ1) is 10.0. The van der Waals surface area contributed by atoms with Crippen LogP contribution < -0.4 is 10.6 Å². The molecule has 0 aliphatic carbocycles. The minimum Gasteiger partial charge on any atom is -0.383 e. The summed E-state index contributed by atoms with van der Waals surface area (Å²) in [4.78, 5) is 2.29. The zero-order chi connectivity index (χ0) is 15.8. The Morgan fingerprint density at radius 3 is 2.57 bits per heavy atom. The number of halogens is 1. The van der Waals surface area contributed by atoms with E-state index in [2.05, 4.69) is 25.7 Å². The quantitative estimate of drug-likeness (QED) is 0.759. The van der Waals surface area contributed by atoms with Crippen molar-refractivity contribution in [1.29, 1.82) is 0 Å². The van der Waals surface area contributed by atoms with Crippen molar-refractivity contribution in [2.24, 2.45) is 5.73 Å². The zero-order valence-electron chi connectivity index (χ0n) is 13.7. The van der Waals surface area contributed by atoms with Gasteiger partial charge in [-0.1, -0.05) is 13.8 Å². The Bertz CT molecular complexity index is 425. The number of methoxy groups -OCH3 is 1. The van der Waals surface area contributed by atoms with Crippen molar-refractivity contribution in [3.8, 4) is 0 Å². The number of nitrogens with zero attached hydrogens (tertiary/aromatic N) is 1. The molecule has 3 nitrogen and oxygen atoms in total. The molecule has 21 heavy (non-hydrogen) atoms. The summed E-state index contributed by atoms with van der Waals surface area (Å²) in [6.45, 7) is 7.85. The molecular weight excluding hydrogens is 267 g/mol. The van der Waals surface area contributed by atoms with Gasteiger partial charge in [0.1, 0.15) is 5.82 Å². The van der Waals surface area contributed by atoms with Crippen LogP contribution in [0.2, 0.25) is 0 Å². The summed E-state index contributed by atoms with van der Waals surface area (Å²) in [5.41, 5.74) is 8.13. The summed E-state index contributed by atoms with van der Waals surface area (Å²) in [6, 6.07) is 5.45. The number of ether oxygens (including phenoxy) is 1. The minimum absolute atomic E-state index is 0.0618. The van der Waals surface area contributed by atoms with Gasteiger partial charge in [-0.05, 0) is 49.9 Å². The summed E-state index contributed by atoms with van der Waals surface area (Å²) >= 11 is 0. The lowest BCUT2D eigenvalue weighted by atomic mass is 10.0. The lowest BCUT2D eigenvalue weighted by Crippen LogP contribution is -2.36. The van der Waals surface area contributed by atoms with Crippen LogP contribution in [0, 0.1) is 5.82 Å². The van der Waals surface area contributed by atoms with E-state index in [0.717, 1.165) is 30.6 Å². The fraction of sp³-hybridized carbons (Fsp3) is 0.647. The van der Waals surface area contributed by atoms with E-state index in [9.17, 15) is 4.39 Å². The third-order valence-electron chi connectivity index (χ3n) is 4.02. The minimum atomic E-state index is -0.201. The van der Waals surface area contributed by atoms with Crippen LogP contribution in [-0.2, 0) is 11.2 Å². The molecule has 0 saturated carbocycles. The average Bonchev–Trinajstić information content (AvgIpc) is 2.48. The maximum absolute atomic E-state index is 13.6. The first-order valence-corrected chi connectivity index (χ1v) is 7.83. The summed E-state index contributed by atoms with van der Waals surface area (Å²) in [6.07, 6.45) is 2.61. The molecule has 0 aromatic heterocycles. The lowest BCUT2D eigenvalue weighted by Gasteiger charge is -2.33. The Morgan fingerprint density at radius 1 is 1.29 bits per heavy atom. The molecule has 0 spiro atoms. The Kier molecular flexibility index (Phi) is 7.68. The molecule has 0 aliphatic heterocycles. The Labute approximate surface area is 128 Å². The molecule has 4 heteroatoms. The summed E-state index contributed by atoms with van der Waals surface area (Å²) < 4.78 is 18.8. The second kappa shape index (κ2) is 9.00. The third kappa shape index (κ3) is 5.29. The molecule has 2 atom stereocenters. The van der Waals surface area contributed by atoms with Gasteiger partial charge in [-0.15, -0.1) is 0 Å². The molecule has 1 rings (SSSR count). The van der Waals surface area contributed by atoms with Crippen LogP contribution in [0.4, 0.5) is 10.1 Å². The highest BCUT2D eigenvalue weighted by Gasteiger charge is 2.18. The van der Waals surface area contributed by atoms with Crippen LogP contribution in [-0.4, -0.2) is 32.3 Å². The van der Waals surface area contributed by atoms with Gasteiger partial charge in [-0.3, -0.25) is 0 Å². The number of hydrogen-bond donors (Lipinski definition) is 1. The van der Waals surface area contributed by atoms with Crippen molar-refractivity contribution in [3.63, 3.8) is 0 Å².